The first-order chi connectivity index (χ1) is 4.72. The second-order valence-electron chi connectivity index (χ2n) is 2.24. The van der Waals surface area contributed by atoms with Crippen LogP contribution >= 0.6 is 0 Å². The van der Waals surface area contributed by atoms with Gasteiger partial charge in [0.15, 0.2) is 0 Å². The van der Waals surface area contributed by atoms with Crippen molar-refractivity contribution in [3.05, 3.63) is 0 Å². The molecular formula is C7H15NO2. The van der Waals surface area contributed by atoms with Gasteiger partial charge in [-0.05, 0) is 13.0 Å². The summed E-state index contributed by atoms with van der Waals surface area (Å²) in [6.07, 6.45) is 1.62. The summed E-state index contributed by atoms with van der Waals surface area (Å²) in [5.41, 5.74) is 0. The van der Waals surface area contributed by atoms with Crippen molar-refractivity contribution in [1.29, 1.82) is 0 Å². The summed E-state index contributed by atoms with van der Waals surface area (Å²) >= 11 is 0. The van der Waals surface area contributed by atoms with Gasteiger partial charge in [0.05, 0.1) is 0 Å². The van der Waals surface area contributed by atoms with Gasteiger partial charge < -0.3 is 10.4 Å². The fourth-order valence-corrected chi connectivity index (χ4v) is 0.848. The molecule has 2 N–H and O–H groups in total. The Morgan fingerprint density at radius 2 is 2.20 bits per heavy atom. The van der Waals surface area contributed by atoms with Gasteiger partial charge in [0, 0.05) is 0 Å². The molecule has 0 saturated heterocycles. The lowest BCUT2D eigenvalue weighted by Crippen LogP contribution is -2.36. The van der Waals surface area contributed by atoms with Crippen molar-refractivity contribution in [2.45, 2.75) is 32.7 Å². The van der Waals surface area contributed by atoms with Gasteiger partial charge in [-0.15, -0.1) is 0 Å². The van der Waals surface area contributed by atoms with E-state index in [9.17, 15) is 4.79 Å². The molecule has 0 aliphatic heterocycles. The number of carboxylic acid groups (broad SMARTS) is 1. The van der Waals surface area contributed by atoms with E-state index in [2.05, 4.69) is 5.32 Å². The number of aliphatic carboxylic acids is 1. The minimum absolute atomic E-state index is 0.352. The Bertz CT molecular complexity index is 97.8. The summed E-state index contributed by atoms with van der Waals surface area (Å²) in [5, 5.41) is 11.5. The first kappa shape index (κ1) is 9.43. The van der Waals surface area contributed by atoms with Gasteiger partial charge in [-0.2, -0.15) is 0 Å². The second-order valence-corrected chi connectivity index (χ2v) is 2.24. The Hall–Kier alpha value is -0.570. The van der Waals surface area contributed by atoms with Crippen LogP contribution in [0.2, 0.25) is 0 Å². The van der Waals surface area contributed by atoms with Crippen LogP contribution in [0, 0.1) is 0 Å². The van der Waals surface area contributed by atoms with Crippen LogP contribution in [0.4, 0.5) is 0 Å². The summed E-state index contributed by atoms with van der Waals surface area (Å²) in [7, 11) is 0. The molecule has 0 radical (unpaired) electrons. The lowest BCUT2D eigenvalue weighted by molar-refractivity contribution is -0.139. The number of hydrogen-bond donors (Lipinski definition) is 2. The highest BCUT2D eigenvalue weighted by molar-refractivity contribution is 5.73. The van der Waals surface area contributed by atoms with Crippen molar-refractivity contribution in [2.75, 3.05) is 6.54 Å². The van der Waals surface area contributed by atoms with E-state index in [1.807, 2.05) is 13.8 Å². The lowest BCUT2D eigenvalue weighted by Gasteiger charge is -2.10. The highest BCUT2D eigenvalue weighted by atomic mass is 16.4. The molecular weight excluding hydrogens is 130 g/mol. The van der Waals surface area contributed by atoms with E-state index in [1.165, 1.54) is 0 Å². The molecule has 0 aliphatic rings. The average molecular weight is 145 g/mol. The van der Waals surface area contributed by atoms with Gasteiger partial charge in [0.25, 0.3) is 0 Å². The van der Waals surface area contributed by atoms with Gasteiger partial charge in [0.1, 0.15) is 6.04 Å². The Morgan fingerprint density at radius 3 is 2.50 bits per heavy atom. The molecule has 0 aromatic heterocycles. The molecule has 3 nitrogen and oxygen atoms in total. The maximum absolute atomic E-state index is 10.4. The Kier molecular flexibility index (Phi) is 4.94. The number of nitrogens with one attached hydrogen (secondary N) is 1. The monoisotopic (exact) mass is 145 g/mol. The zero-order chi connectivity index (χ0) is 7.98. The van der Waals surface area contributed by atoms with Crippen LogP contribution in [-0.2, 0) is 4.79 Å². The topological polar surface area (TPSA) is 49.3 Å². The summed E-state index contributed by atoms with van der Waals surface area (Å²) in [6, 6.07) is -0.352. The van der Waals surface area contributed by atoms with Crippen LogP contribution in [0.5, 0.6) is 0 Å². The lowest BCUT2D eigenvalue weighted by atomic mass is 10.2. The molecule has 60 valence electrons. The first-order valence-corrected chi connectivity index (χ1v) is 3.68. The highest BCUT2D eigenvalue weighted by Gasteiger charge is 2.13. The molecule has 0 bridgehead atoms. The molecule has 0 aromatic carbocycles. The third kappa shape index (κ3) is 3.45. The van der Waals surface area contributed by atoms with Crippen LogP contribution in [0.1, 0.15) is 26.7 Å². The number of hydrogen-bond acceptors (Lipinski definition) is 2. The second kappa shape index (κ2) is 5.23. The Morgan fingerprint density at radius 1 is 1.60 bits per heavy atom. The van der Waals surface area contributed by atoms with Gasteiger partial charge in [-0.1, -0.05) is 20.3 Å². The van der Waals surface area contributed by atoms with Crippen molar-refractivity contribution in [1.82, 2.24) is 5.32 Å². The van der Waals surface area contributed by atoms with Gasteiger partial charge in [-0.3, -0.25) is 4.79 Å². The predicted octanol–water partition coefficient (Wildman–Crippen LogP) is 0.849. The van der Waals surface area contributed by atoms with Gasteiger partial charge in [-0.25, -0.2) is 0 Å². The zero-order valence-corrected chi connectivity index (χ0v) is 6.55. The summed E-state index contributed by atoms with van der Waals surface area (Å²) < 4.78 is 0. The first-order valence-electron chi connectivity index (χ1n) is 3.68. The van der Waals surface area contributed by atoms with E-state index in [0.29, 0.717) is 6.42 Å². The van der Waals surface area contributed by atoms with Crippen LogP contribution in [-0.4, -0.2) is 23.7 Å². The molecule has 0 heterocycles. The van der Waals surface area contributed by atoms with E-state index < -0.39 is 5.97 Å². The van der Waals surface area contributed by atoms with Crippen molar-refractivity contribution in [3.63, 3.8) is 0 Å². The molecule has 0 aliphatic carbocycles. The zero-order valence-electron chi connectivity index (χ0n) is 6.55. The quantitative estimate of drug-likeness (QED) is 0.603. The van der Waals surface area contributed by atoms with E-state index in [1.54, 1.807) is 0 Å². The summed E-state index contributed by atoms with van der Waals surface area (Å²) in [5.74, 6) is -0.747. The highest BCUT2D eigenvalue weighted by Crippen LogP contribution is 1.95. The molecule has 0 saturated carbocycles. The van der Waals surface area contributed by atoms with Crippen LogP contribution < -0.4 is 5.32 Å². The van der Waals surface area contributed by atoms with E-state index in [0.717, 1.165) is 13.0 Å². The third-order valence-electron chi connectivity index (χ3n) is 1.33. The van der Waals surface area contributed by atoms with Crippen LogP contribution in [0.15, 0.2) is 0 Å². The van der Waals surface area contributed by atoms with Crippen molar-refractivity contribution >= 4 is 5.97 Å². The number of rotatable bonds is 5. The van der Waals surface area contributed by atoms with Gasteiger partial charge >= 0.3 is 5.97 Å². The van der Waals surface area contributed by atoms with Crippen molar-refractivity contribution in [3.8, 4) is 0 Å². The SMILES string of the molecule is CCC[C@H](NCC)C(=O)O. The number of carbonyl (C=O) groups is 1. The Labute approximate surface area is 61.4 Å². The fourth-order valence-electron chi connectivity index (χ4n) is 0.848. The van der Waals surface area contributed by atoms with Crippen LogP contribution in [0.25, 0.3) is 0 Å². The minimum Gasteiger partial charge on any atom is -0.480 e. The minimum atomic E-state index is -0.747. The molecule has 0 rings (SSSR count). The maximum Gasteiger partial charge on any atom is 0.320 e. The molecule has 0 aromatic rings. The average Bonchev–Trinajstić information content (AvgIpc) is 1.87. The number of carboxylic acids is 1. The van der Waals surface area contributed by atoms with Gasteiger partial charge in [0.2, 0.25) is 0 Å². The molecule has 0 amide bonds. The van der Waals surface area contributed by atoms with Crippen molar-refractivity contribution in [2.24, 2.45) is 0 Å². The van der Waals surface area contributed by atoms with E-state index in [-0.39, 0.29) is 6.04 Å². The summed E-state index contributed by atoms with van der Waals surface area (Å²) in [6.45, 7) is 4.61. The van der Waals surface area contributed by atoms with E-state index >= 15 is 0 Å². The summed E-state index contributed by atoms with van der Waals surface area (Å²) in [4.78, 5) is 10.4. The van der Waals surface area contributed by atoms with Crippen LogP contribution in [0.3, 0.4) is 0 Å². The molecule has 3 heteroatoms. The van der Waals surface area contributed by atoms with E-state index in [4.69, 9.17) is 5.11 Å². The standard InChI is InChI=1S/C7H15NO2/c1-3-5-6(7(9)10)8-4-2/h6,8H,3-5H2,1-2H3,(H,9,10)/t6-/m0/s1. The smallest absolute Gasteiger partial charge is 0.320 e. The largest absolute Gasteiger partial charge is 0.480 e. The Balaban J connectivity index is 3.61. The van der Waals surface area contributed by atoms with Crippen molar-refractivity contribution < 1.29 is 9.90 Å². The molecule has 0 unspecified atom stereocenters. The third-order valence-corrected chi connectivity index (χ3v) is 1.33. The fraction of sp³-hybridized carbons (Fsp3) is 0.857. The molecule has 0 spiro atoms. The maximum atomic E-state index is 10.4. The predicted molar refractivity (Wildman–Crippen MR) is 40.0 cm³/mol. The number of likely N-dealkylation sites (N-methyl/N-ethyl adjacent to an activating group) is 1. The molecule has 1 atom stereocenters. The molecule has 10 heavy (non-hydrogen) atoms. The normalized spacial score (nSPS) is 13.0. The molecule has 0 fully saturated rings.